The first-order chi connectivity index (χ1) is 12.3. The molecule has 0 saturated carbocycles. The van der Waals surface area contributed by atoms with Crippen LogP contribution in [0.2, 0.25) is 0 Å². The van der Waals surface area contributed by atoms with Gasteiger partial charge in [0.2, 0.25) is 0 Å². The summed E-state index contributed by atoms with van der Waals surface area (Å²) in [6.45, 7) is 0.414. The number of carbonyl (C=O) groups excluding carboxylic acids is 1. The van der Waals surface area contributed by atoms with E-state index in [0.29, 0.717) is 12.3 Å². The lowest BCUT2D eigenvalue weighted by Gasteiger charge is -2.06. The molecule has 0 aliphatic carbocycles. The van der Waals surface area contributed by atoms with Gasteiger partial charge in [0.05, 0.1) is 16.5 Å². The summed E-state index contributed by atoms with van der Waals surface area (Å²) in [4.78, 5) is 16.5. The van der Waals surface area contributed by atoms with E-state index >= 15 is 0 Å². The van der Waals surface area contributed by atoms with Gasteiger partial charge in [0.25, 0.3) is 5.91 Å². The van der Waals surface area contributed by atoms with Crippen molar-refractivity contribution in [2.45, 2.75) is 6.61 Å². The van der Waals surface area contributed by atoms with Crippen LogP contribution in [0.1, 0.15) is 15.6 Å². The van der Waals surface area contributed by atoms with Crippen molar-refractivity contribution in [2.24, 2.45) is 0 Å². The lowest BCUT2D eigenvalue weighted by atomic mass is 10.3. The first-order valence-electron chi connectivity index (χ1n) is 7.70. The van der Waals surface area contributed by atoms with Crippen LogP contribution in [0.4, 0.5) is 5.69 Å². The Bertz CT molecular complexity index is 958. The summed E-state index contributed by atoms with van der Waals surface area (Å²) in [5.41, 5.74) is 1.66. The fraction of sp³-hybridized carbons (Fsp3) is 0.0526. The second-order valence-corrected chi connectivity index (χ2v) is 6.44. The number of hydrogen-bond acceptors (Lipinski definition) is 5. The number of hydrogen-bond donors (Lipinski definition) is 1. The predicted octanol–water partition coefficient (Wildman–Crippen LogP) is 4.72. The topological polar surface area (TPSA) is 64.4 Å². The van der Waals surface area contributed by atoms with Gasteiger partial charge in [0, 0.05) is 5.69 Å². The third kappa shape index (κ3) is 3.54. The number of rotatable bonds is 5. The number of furan rings is 1. The molecule has 6 heteroatoms. The molecule has 1 amide bonds. The molecule has 2 heterocycles. The zero-order chi connectivity index (χ0) is 17.1. The largest absolute Gasteiger partial charge is 0.486 e. The van der Waals surface area contributed by atoms with Gasteiger partial charge in [0.15, 0.2) is 5.76 Å². The van der Waals surface area contributed by atoms with Crippen LogP contribution in [0.15, 0.2) is 71.3 Å². The highest BCUT2D eigenvalue weighted by Gasteiger charge is 2.09. The van der Waals surface area contributed by atoms with Gasteiger partial charge in [0.1, 0.15) is 17.4 Å². The summed E-state index contributed by atoms with van der Waals surface area (Å²) < 4.78 is 12.0. The smallest absolute Gasteiger partial charge is 0.291 e. The summed E-state index contributed by atoms with van der Waals surface area (Å²) in [6, 6.07) is 18.5. The van der Waals surface area contributed by atoms with E-state index in [2.05, 4.69) is 10.3 Å². The van der Waals surface area contributed by atoms with Crippen molar-refractivity contribution >= 4 is 33.1 Å². The van der Waals surface area contributed by atoms with Crippen molar-refractivity contribution in [1.82, 2.24) is 4.98 Å². The monoisotopic (exact) mass is 350 g/mol. The Hall–Kier alpha value is -3.12. The number of anilines is 1. The van der Waals surface area contributed by atoms with E-state index in [1.165, 1.54) is 6.26 Å². The molecule has 4 aromatic rings. The lowest BCUT2D eigenvalue weighted by Crippen LogP contribution is -2.10. The Morgan fingerprint density at radius 1 is 1.08 bits per heavy atom. The molecule has 0 saturated heterocycles. The van der Waals surface area contributed by atoms with Crippen molar-refractivity contribution < 1.29 is 13.9 Å². The van der Waals surface area contributed by atoms with Crippen LogP contribution in [0.5, 0.6) is 5.75 Å². The van der Waals surface area contributed by atoms with Gasteiger partial charge in [-0.2, -0.15) is 0 Å². The van der Waals surface area contributed by atoms with Crippen molar-refractivity contribution in [3.05, 3.63) is 77.7 Å². The van der Waals surface area contributed by atoms with Gasteiger partial charge in [-0.1, -0.05) is 12.1 Å². The van der Waals surface area contributed by atoms with Crippen molar-refractivity contribution in [2.75, 3.05) is 5.32 Å². The Labute approximate surface area is 147 Å². The molecule has 0 aliphatic heterocycles. The van der Waals surface area contributed by atoms with E-state index in [4.69, 9.17) is 9.15 Å². The quantitative estimate of drug-likeness (QED) is 0.565. The number of aromatic nitrogens is 1. The number of benzene rings is 2. The maximum absolute atomic E-state index is 11.9. The van der Waals surface area contributed by atoms with E-state index in [1.807, 2.05) is 36.4 Å². The summed E-state index contributed by atoms with van der Waals surface area (Å²) in [5.74, 6) is 0.708. The zero-order valence-corrected chi connectivity index (χ0v) is 14.0. The highest BCUT2D eigenvalue weighted by Crippen LogP contribution is 2.23. The number of nitrogens with one attached hydrogen (secondary N) is 1. The normalized spacial score (nSPS) is 10.7. The standard InChI is InChI=1S/C19H14N2O3S/c22-19(16-5-3-11-23-16)20-13-7-9-14(10-8-13)24-12-18-21-15-4-1-2-6-17(15)25-18/h1-11H,12H2,(H,20,22). The van der Waals surface area contributed by atoms with Gasteiger partial charge in [-0.15, -0.1) is 11.3 Å². The van der Waals surface area contributed by atoms with Crippen molar-refractivity contribution in [1.29, 1.82) is 0 Å². The second-order valence-electron chi connectivity index (χ2n) is 5.32. The molecule has 0 unspecified atom stereocenters. The van der Waals surface area contributed by atoms with Gasteiger partial charge >= 0.3 is 0 Å². The summed E-state index contributed by atoms with van der Waals surface area (Å²) in [7, 11) is 0. The third-order valence-corrected chi connectivity index (χ3v) is 4.57. The molecule has 5 nitrogen and oxygen atoms in total. The summed E-state index contributed by atoms with van der Waals surface area (Å²) in [6.07, 6.45) is 1.47. The first kappa shape index (κ1) is 15.4. The van der Waals surface area contributed by atoms with E-state index < -0.39 is 0 Å². The molecule has 0 fully saturated rings. The molecule has 4 rings (SSSR count). The van der Waals surface area contributed by atoms with E-state index in [-0.39, 0.29) is 11.7 Å². The molecule has 0 aliphatic rings. The van der Waals surface area contributed by atoms with E-state index in [9.17, 15) is 4.79 Å². The molecule has 2 aromatic heterocycles. The van der Waals surface area contributed by atoms with Crippen LogP contribution in [0.3, 0.4) is 0 Å². The van der Waals surface area contributed by atoms with E-state index in [1.54, 1.807) is 35.6 Å². The zero-order valence-electron chi connectivity index (χ0n) is 13.1. The van der Waals surface area contributed by atoms with Crippen molar-refractivity contribution in [3.63, 3.8) is 0 Å². The van der Waals surface area contributed by atoms with Gasteiger partial charge in [-0.3, -0.25) is 4.79 Å². The van der Waals surface area contributed by atoms with Crippen LogP contribution in [0, 0.1) is 0 Å². The number of nitrogens with zero attached hydrogens (tertiary/aromatic N) is 1. The number of amides is 1. The Morgan fingerprint density at radius 2 is 1.92 bits per heavy atom. The Balaban J connectivity index is 1.37. The highest BCUT2D eigenvalue weighted by atomic mass is 32.1. The summed E-state index contributed by atoms with van der Waals surface area (Å²) >= 11 is 1.62. The number of ether oxygens (including phenoxy) is 1. The molecular formula is C19H14N2O3S. The maximum atomic E-state index is 11.9. The average molecular weight is 350 g/mol. The fourth-order valence-corrected chi connectivity index (χ4v) is 3.24. The van der Waals surface area contributed by atoms with Crippen LogP contribution >= 0.6 is 11.3 Å². The van der Waals surface area contributed by atoms with Gasteiger partial charge < -0.3 is 14.5 Å². The van der Waals surface area contributed by atoms with Crippen LogP contribution in [0.25, 0.3) is 10.2 Å². The average Bonchev–Trinajstić information content (AvgIpc) is 3.30. The third-order valence-electron chi connectivity index (χ3n) is 3.56. The number of fused-ring (bicyclic) bond motifs is 1. The lowest BCUT2D eigenvalue weighted by molar-refractivity contribution is 0.0996. The second kappa shape index (κ2) is 6.78. The Kier molecular flexibility index (Phi) is 4.18. The van der Waals surface area contributed by atoms with Gasteiger partial charge in [-0.05, 0) is 48.5 Å². The van der Waals surface area contributed by atoms with E-state index in [0.717, 1.165) is 21.0 Å². The fourth-order valence-electron chi connectivity index (χ4n) is 2.36. The number of carbonyl (C=O) groups is 1. The van der Waals surface area contributed by atoms with Crippen molar-refractivity contribution in [3.8, 4) is 5.75 Å². The molecule has 0 spiro atoms. The molecular weight excluding hydrogens is 336 g/mol. The minimum absolute atomic E-state index is 0.274. The molecule has 1 N–H and O–H groups in total. The molecule has 2 aromatic carbocycles. The first-order valence-corrected chi connectivity index (χ1v) is 8.52. The minimum Gasteiger partial charge on any atom is -0.486 e. The number of para-hydroxylation sites is 1. The highest BCUT2D eigenvalue weighted by molar-refractivity contribution is 7.18. The summed E-state index contributed by atoms with van der Waals surface area (Å²) in [5, 5.41) is 3.69. The molecule has 25 heavy (non-hydrogen) atoms. The molecule has 0 bridgehead atoms. The molecule has 0 radical (unpaired) electrons. The van der Waals surface area contributed by atoms with Crippen LogP contribution in [-0.4, -0.2) is 10.9 Å². The van der Waals surface area contributed by atoms with Crippen LogP contribution in [-0.2, 0) is 6.61 Å². The van der Waals surface area contributed by atoms with Gasteiger partial charge in [-0.25, -0.2) is 4.98 Å². The molecule has 0 atom stereocenters. The SMILES string of the molecule is O=C(Nc1ccc(OCc2nc3ccccc3s2)cc1)c1ccco1. The predicted molar refractivity (Wildman–Crippen MR) is 97.1 cm³/mol. The van der Waals surface area contributed by atoms with Crippen LogP contribution < -0.4 is 10.1 Å². The minimum atomic E-state index is -0.284. The molecule has 124 valence electrons. The maximum Gasteiger partial charge on any atom is 0.291 e. The number of thiazole rings is 1. The Morgan fingerprint density at radius 3 is 2.68 bits per heavy atom.